The van der Waals surface area contributed by atoms with Crippen LogP contribution in [0.15, 0.2) is 35.7 Å². The first-order chi connectivity index (χ1) is 9.00. The fourth-order valence-corrected chi connectivity index (χ4v) is 3.88. The molecule has 0 N–H and O–H groups in total. The summed E-state index contributed by atoms with van der Waals surface area (Å²) in [5.74, 6) is 1.13. The largest absolute Gasteiger partial charge is 0.147 e. The first-order valence-electron chi connectivity index (χ1n) is 6.82. The second-order valence-electron chi connectivity index (χ2n) is 5.58. The van der Waals surface area contributed by atoms with Gasteiger partial charge in [-0.3, -0.25) is 0 Å². The van der Waals surface area contributed by atoms with Crippen molar-refractivity contribution in [3.8, 4) is 0 Å². The molecule has 2 heteroatoms. The third-order valence-corrected chi connectivity index (χ3v) is 5.69. The fourth-order valence-electron chi connectivity index (χ4n) is 2.27. The maximum Gasteiger partial charge on any atom is 0.0740 e. The van der Waals surface area contributed by atoms with Gasteiger partial charge in [-0.05, 0) is 40.0 Å². The quantitative estimate of drug-likeness (QED) is 0.560. The standard InChI is InChI=1S/C17H21BrS/c1-11(2)13-7-8-14(15(10-13)12(3)4)17(18)16-6-5-9-19-16/h5-12,17H,1-4H3. The topological polar surface area (TPSA) is 0 Å². The zero-order chi connectivity index (χ0) is 14.0. The van der Waals surface area contributed by atoms with Crippen molar-refractivity contribution in [1.82, 2.24) is 0 Å². The van der Waals surface area contributed by atoms with Crippen LogP contribution in [-0.2, 0) is 0 Å². The van der Waals surface area contributed by atoms with E-state index in [2.05, 4.69) is 79.3 Å². The SMILES string of the molecule is CC(C)c1ccc(C(Br)c2cccs2)c(C(C)C)c1. The molecule has 0 saturated carbocycles. The lowest BCUT2D eigenvalue weighted by molar-refractivity contribution is 0.821. The van der Waals surface area contributed by atoms with Crippen molar-refractivity contribution in [2.45, 2.75) is 44.4 Å². The number of thiophene rings is 1. The monoisotopic (exact) mass is 336 g/mol. The molecule has 0 aliphatic rings. The highest BCUT2D eigenvalue weighted by molar-refractivity contribution is 9.09. The first kappa shape index (κ1) is 14.8. The van der Waals surface area contributed by atoms with Gasteiger partial charge >= 0.3 is 0 Å². The van der Waals surface area contributed by atoms with Crippen LogP contribution in [0.3, 0.4) is 0 Å². The maximum atomic E-state index is 3.86. The van der Waals surface area contributed by atoms with Gasteiger partial charge < -0.3 is 0 Å². The minimum atomic E-state index is 0.311. The molecule has 1 heterocycles. The molecule has 0 nitrogen and oxygen atoms in total. The van der Waals surface area contributed by atoms with Gasteiger partial charge in [0, 0.05) is 4.88 Å². The van der Waals surface area contributed by atoms with Crippen LogP contribution in [0.25, 0.3) is 0 Å². The molecule has 0 radical (unpaired) electrons. The summed E-state index contributed by atoms with van der Waals surface area (Å²) in [4.78, 5) is 1.69. The first-order valence-corrected chi connectivity index (χ1v) is 8.61. The number of alkyl halides is 1. The highest BCUT2D eigenvalue weighted by atomic mass is 79.9. The summed E-state index contributed by atoms with van der Waals surface area (Å²) < 4.78 is 0. The molecule has 0 spiro atoms. The second kappa shape index (κ2) is 6.23. The summed E-state index contributed by atoms with van der Waals surface area (Å²) in [6.07, 6.45) is 0. The highest BCUT2D eigenvalue weighted by Crippen LogP contribution is 2.38. The third kappa shape index (κ3) is 3.29. The van der Waals surface area contributed by atoms with Crippen molar-refractivity contribution in [3.05, 3.63) is 57.3 Å². The van der Waals surface area contributed by atoms with Crippen LogP contribution >= 0.6 is 27.3 Å². The van der Waals surface area contributed by atoms with Gasteiger partial charge in [0.1, 0.15) is 0 Å². The van der Waals surface area contributed by atoms with E-state index in [1.807, 2.05) is 11.3 Å². The van der Waals surface area contributed by atoms with E-state index in [1.165, 1.54) is 21.6 Å². The van der Waals surface area contributed by atoms with Gasteiger partial charge in [-0.15, -0.1) is 11.3 Å². The van der Waals surface area contributed by atoms with E-state index in [9.17, 15) is 0 Å². The lowest BCUT2D eigenvalue weighted by Crippen LogP contribution is -2.01. The Morgan fingerprint density at radius 2 is 1.68 bits per heavy atom. The molecule has 0 bridgehead atoms. The van der Waals surface area contributed by atoms with E-state index in [0.29, 0.717) is 16.7 Å². The number of rotatable bonds is 4. The van der Waals surface area contributed by atoms with Crippen molar-refractivity contribution >= 4 is 27.3 Å². The van der Waals surface area contributed by atoms with Crippen LogP contribution in [0, 0.1) is 0 Å². The molecule has 1 unspecified atom stereocenters. The Labute approximate surface area is 129 Å². The molecular formula is C17H21BrS. The molecule has 1 aromatic heterocycles. The smallest absolute Gasteiger partial charge is 0.0740 e. The van der Waals surface area contributed by atoms with Crippen LogP contribution in [0.4, 0.5) is 0 Å². The normalized spacial score (nSPS) is 13.2. The number of halogens is 1. The molecular weight excluding hydrogens is 316 g/mol. The van der Waals surface area contributed by atoms with Crippen LogP contribution in [-0.4, -0.2) is 0 Å². The van der Waals surface area contributed by atoms with Crippen LogP contribution in [0.5, 0.6) is 0 Å². The van der Waals surface area contributed by atoms with Crippen molar-refractivity contribution < 1.29 is 0 Å². The van der Waals surface area contributed by atoms with Gasteiger partial charge in [0.25, 0.3) is 0 Å². The van der Waals surface area contributed by atoms with E-state index in [-0.39, 0.29) is 0 Å². The summed E-state index contributed by atoms with van der Waals surface area (Å²) >= 11 is 5.67. The molecule has 0 aliphatic carbocycles. The molecule has 0 amide bonds. The van der Waals surface area contributed by atoms with Gasteiger partial charge in [0.15, 0.2) is 0 Å². The summed E-state index contributed by atoms with van der Waals surface area (Å²) in [7, 11) is 0. The summed E-state index contributed by atoms with van der Waals surface area (Å²) in [5.41, 5.74) is 4.29. The van der Waals surface area contributed by atoms with Crippen molar-refractivity contribution in [2.75, 3.05) is 0 Å². The molecule has 2 aromatic rings. The molecule has 19 heavy (non-hydrogen) atoms. The predicted octanol–water partition coefficient (Wildman–Crippen LogP) is 6.48. The van der Waals surface area contributed by atoms with E-state index in [1.54, 1.807) is 0 Å². The van der Waals surface area contributed by atoms with Gasteiger partial charge in [0.2, 0.25) is 0 Å². The molecule has 0 aliphatic heterocycles. The Balaban J connectivity index is 2.45. The Kier molecular flexibility index (Phi) is 4.86. The predicted molar refractivity (Wildman–Crippen MR) is 89.7 cm³/mol. The van der Waals surface area contributed by atoms with Crippen molar-refractivity contribution in [1.29, 1.82) is 0 Å². The van der Waals surface area contributed by atoms with E-state index >= 15 is 0 Å². The minimum absolute atomic E-state index is 0.311. The number of hydrogen-bond acceptors (Lipinski definition) is 1. The molecule has 102 valence electrons. The Bertz CT molecular complexity index is 526. The van der Waals surface area contributed by atoms with Crippen molar-refractivity contribution in [3.63, 3.8) is 0 Å². The summed E-state index contributed by atoms with van der Waals surface area (Å²) in [6, 6.07) is 11.3. The maximum absolute atomic E-state index is 3.86. The lowest BCUT2D eigenvalue weighted by Gasteiger charge is -2.19. The molecule has 1 atom stereocenters. The summed E-state index contributed by atoms with van der Waals surface area (Å²) in [5, 5.41) is 2.14. The van der Waals surface area contributed by atoms with Crippen LogP contribution in [0.2, 0.25) is 0 Å². The average Bonchev–Trinajstić information content (AvgIpc) is 2.90. The van der Waals surface area contributed by atoms with Gasteiger partial charge in [-0.1, -0.05) is 67.9 Å². The number of benzene rings is 1. The Morgan fingerprint density at radius 3 is 2.21 bits per heavy atom. The van der Waals surface area contributed by atoms with Gasteiger partial charge in [-0.25, -0.2) is 0 Å². The molecule has 1 aromatic carbocycles. The van der Waals surface area contributed by atoms with E-state index in [4.69, 9.17) is 0 Å². The zero-order valence-electron chi connectivity index (χ0n) is 12.0. The number of hydrogen-bond donors (Lipinski definition) is 0. The molecule has 0 fully saturated rings. The van der Waals surface area contributed by atoms with Gasteiger partial charge in [-0.2, -0.15) is 0 Å². The molecule has 0 saturated heterocycles. The lowest BCUT2D eigenvalue weighted by atomic mass is 9.90. The molecule has 2 rings (SSSR count). The second-order valence-corrected chi connectivity index (χ2v) is 7.47. The Hall–Kier alpha value is -0.600. The summed E-state index contributed by atoms with van der Waals surface area (Å²) in [6.45, 7) is 9.06. The minimum Gasteiger partial charge on any atom is -0.147 e. The average molecular weight is 337 g/mol. The van der Waals surface area contributed by atoms with Crippen molar-refractivity contribution in [2.24, 2.45) is 0 Å². The highest BCUT2D eigenvalue weighted by Gasteiger charge is 2.18. The Morgan fingerprint density at radius 1 is 0.947 bits per heavy atom. The van der Waals surface area contributed by atoms with Gasteiger partial charge in [0.05, 0.1) is 4.83 Å². The van der Waals surface area contributed by atoms with E-state index in [0.717, 1.165) is 0 Å². The van der Waals surface area contributed by atoms with E-state index < -0.39 is 0 Å². The third-order valence-electron chi connectivity index (χ3n) is 3.47. The van der Waals surface area contributed by atoms with Crippen LogP contribution in [0.1, 0.15) is 65.9 Å². The zero-order valence-corrected chi connectivity index (χ0v) is 14.4. The fraction of sp³-hybridized carbons (Fsp3) is 0.412. The van der Waals surface area contributed by atoms with Crippen LogP contribution < -0.4 is 0 Å².